The summed E-state index contributed by atoms with van der Waals surface area (Å²) >= 11 is 1.76. The Morgan fingerprint density at radius 1 is 1.23 bits per heavy atom. The van der Waals surface area contributed by atoms with Crippen molar-refractivity contribution >= 4 is 11.3 Å². The van der Waals surface area contributed by atoms with E-state index in [1.807, 2.05) is 12.1 Å². The largest absolute Gasteiger partial charge is 0.391 e. The zero-order valence-corrected chi connectivity index (χ0v) is 16.5. The quantitative estimate of drug-likeness (QED) is 0.814. The Labute approximate surface area is 160 Å². The molecule has 0 radical (unpaired) electrons. The predicted octanol–water partition coefficient (Wildman–Crippen LogP) is 3.53. The summed E-state index contributed by atoms with van der Waals surface area (Å²) in [5, 5.41) is 22.4. The highest BCUT2D eigenvalue weighted by molar-refractivity contribution is 7.10. The van der Waals surface area contributed by atoms with E-state index in [2.05, 4.69) is 47.2 Å². The van der Waals surface area contributed by atoms with E-state index < -0.39 is 5.60 Å². The number of hydrogen-bond donors (Lipinski definition) is 2. The van der Waals surface area contributed by atoms with Crippen LogP contribution in [0.25, 0.3) is 0 Å². The van der Waals surface area contributed by atoms with E-state index in [9.17, 15) is 10.2 Å². The highest BCUT2D eigenvalue weighted by Crippen LogP contribution is 2.34. The Morgan fingerprint density at radius 2 is 1.96 bits per heavy atom. The number of hydrogen-bond acceptors (Lipinski definition) is 4. The van der Waals surface area contributed by atoms with Crippen LogP contribution in [0, 0.1) is 18.8 Å². The lowest BCUT2D eigenvalue weighted by Crippen LogP contribution is -2.42. The van der Waals surface area contributed by atoms with Crippen molar-refractivity contribution in [1.82, 2.24) is 4.90 Å². The van der Waals surface area contributed by atoms with Crippen LogP contribution in [-0.2, 0) is 6.54 Å². The molecule has 1 aliphatic heterocycles. The smallest absolute Gasteiger partial charge is 0.120 e. The Bertz CT molecular complexity index is 792. The molecule has 0 saturated carbocycles. The number of piperidine rings is 1. The number of β-amino-alcohol motifs (C(OH)–C–C–N with tert-alkyl or cyclic N) is 1. The molecule has 0 amide bonds. The van der Waals surface area contributed by atoms with Gasteiger partial charge in [-0.25, -0.2) is 0 Å². The van der Waals surface area contributed by atoms with Gasteiger partial charge in [0, 0.05) is 29.4 Å². The predicted molar refractivity (Wildman–Crippen MR) is 107 cm³/mol. The van der Waals surface area contributed by atoms with E-state index in [-0.39, 0.29) is 12.0 Å². The second-order valence-electron chi connectivity index (χ2n) is 7.67. The van der Waals surface area contributed by atoms with Crippen LogP contribution in [0.3, 0.4) is 0 Å². The van der Waals surface area contributed by atoms with Crippen molar-refractivity contribution in [2.75, 3.05) is 13.1 Å². The Balaban J connectivity index is 1.59. The molecule has 1 aromatic carbocycles. The lowest BCUT2D eigenvalue weighted by Gasteiger charge is -2.36. The monoisotopic (exact) mass is 369 g/mol. The first-order chi connectivity index (χ1) is 12.3. The van der Waals surface area contributed by atoms with Crippen LogP contribution in [-0.4, -0.2) is 39.9 Å². The topological polar surface area (TPSA) is 43.7 Å². The van der Waals surface area contributed by atoms with Crippen molar-refractivity contribution in [3.63, 3.8) is 0 Å². The third-order valence-corrected chi connectivity index (χ3v) is 5.93. The van der Waals surface area contributed by atoms with Crippen LogP contribution in [0.4, 0.5) is 0 Å². The maximum absolute atomic E-state index is 10.6. The molecule has 0 spiro atoms. The second kappa shape index (κ2) is 7.94. The van der Waals surface area contributed by atoms with Gasteiger partial charge in [0.15, 0.2) is 0 Å². The van der Waals surface area contributed by atoms with Gasteiger partial charge in [0.2, 0.25) is 0 Å². The van der Waals surface area contributed by atoms with Gasteiger partial charge in [0.25, 0.3) is 0 Å². The van der Waals surface area contributed by atoms with Crippen molar-refractivity contribution in [1.29, 1.82) is 0 Å². The first-order valence-corrected chi connectivity index (χ1v) is 9.99. The van der Waals surface area contributed by atoms with E-state index in [1.165, 1.54) is 16.0 Å². The molecule has 26 heavy (non-hydrogen) atoms. The number of benzene rings is 1. The molecule has 138 valence electrons. The van der Waals surface area contributed by atoms with Gasteiger partial charge in [0.05, 0.1) is 6.10 Å². The van der Waals surface area contributed by atoms with Gasteiger partial charge in [-0.2, -0.15) is 0 Å². The summed E-state index contributed by atoms with van der Waals surface area (Å²) in [6.45, 7) is 8.04. The molecule has 2 heterocycles. The maximum atomic E-state index is 10.6. The average Bonchev–Trinajstić information content (AvgIpc) is 3.00. The standard InChI is InChI=1S/C22H27NO2S/c1-16-10-13-26-21(16)19-9-12-23(15-20(19)24)14-18-6-4-17(5-7-18)8-11-22(2,3)25/h4-7,10,13,19-20,24-25H,9,12,14-15H2,1-3H3/t19-,20-/m1/s1. The summed E-state index contributed by atoms with van der Waals surface area (Å²) in [4.78, 5) is 3.66. The molecule has 2 atom stereocenters. The lowest BCUT2D eigenvalue weighted by molar-refractivity contribution is 0.0485. The zero-order chi connectivity index (χ0) is 18.7. The fourth-order valence-electron chi connectivity index (χ4n) is 3.39. The molecule has 0 bridgehead atoms. The first-order valence-electron chi connectivity index (χ1n) is 9.11. The summed E-state index contributed by atoms with van der Waals surface area (Å²) in [6.07, 6.45) is 0.690. The second-order valence-corrected chi connectivity index (χ2v) is 8.62. The number of likely N-dealkylation sites (tertiary alicyclic amines) is 1. The van der Waals surface area contributed by atoms with Gasteiger partial charge >= 0.3 is 0 Å². The van der Waals surface area contributed by atoms with Crippen molar-refractivity contribution < 1.29 is 10.2 Å². The minimum absolute atomic E-state index is 0.269. The molecule has 3 nitrogen and oxygen atoms in total. The molecule has 0 aliphatic carbocycles. The van der Waals surface area contributed by atoms with E-state index in [1.54, 1.807) is 25.2 Å². The Kier molecular flexibility index (Phi) is 5.84. The third kappa shape index (κ3) is 4.96. The number of aryl methyl sites for hydroxylation is 1. The van der Waals surface area contributed by atoms with Gasteiger partial charge in [-0.15, -0.1) is 11.3 Å². The van der Waals surface area contributed by atoms with Crippen LogP contribution >= 0.6 is 11.3 Å². The minimum atomic E-state index is -0.972. The highest BCUT2D eigenvalue weighted by Gasteiger charge is 2.30. The molecular weight excluding hydrogens is 342 g/mol. The molecular formula is C22H27NO2S. The van der Waals surface area contributed by atoms with Gasteiger partial charge in [0.1, 0.15) is 5.60 Å². The molecule has 1 aromatic heterocycles. The summed E-state index contributed by atoms with van der Waals surface area (Å²) in [7, 11) is 0. The van der Waals surface area contributed by atoms with Crippen molar-refractivity contribution in [2.24, 2.45) is 0 Å². The zero-order valence-electron chi connectivity index (χ0n) is 15.7. The first kappa shape index (κ1) is 19.1. The Hall–Kier alpha value is -1.64. The molecule has 0 unspecified atom stereocenters. The summed E-state index contributed by atoms with van der Waals surface area (Å²) in [6, 6.07) is 10.3. The van der Waals surface area contributed by atoms with E-state index >= 15 is 0 Å². The van der Waals surface area contributed by atoms with Crippen LogP contribution in [0.15, 0.2) is 35.7 Å². The minimum Gasteiger partial charge on any atom is -0.391 e. The van der Waals surface area contributed by atoms with Crippen LogP contribution < -0.4 is 0 Å². The van der Waals surface area contributed by atoms with Crippen molar-refractivity contribution in [3.05, 3.63) is 57.3 Å². The van der Waals surface area contributed by atoms with Gasteiger partial charge in [-0.3, -0.25) is 4.90 Å². The summed E-state index contributed by atoms with van der Waals surface area (Å²) < 4.78 is 0. The lowest BCUT2D eigenvalue weighted by atomic mass is 9.90. The van der Waals surface area contributed by atoms with E-state index in [4.69, 9.17) is 0 Å². The summed E-state index contributed by atoms with van der Waals surface area (Å²) in [5.41, 5.74) is 2.45. The number of aliphatic hydroxyl groups is 2. The highest BCUT2D eigenvalue weighted by atomic mass is 32.1. The third-order valence-electron chi connectivity index (χ3n) is 4.78. The molecule has 1 saturated heterocycles. The van der Waals surface area contributed by atoms with E-state index in [0.29, 0.717) is 6.54 Å². The van der Waals surface area contributed by atoms with E-state index in [0.717, 1.165) is 25.1 Å². The summed E-state index contributed by atoms with van der Waals surface area (Å²) in [5.74, 6) is 6.10. The van der Waals surface area contributed by atoms with Crippen LogP contribution in [0.5, 0.6) is 0 Å². The fourth-order valence-corrected chi connectivity index (χ4v) is 4.51. The molecule has 4 heteroatoms. The molecule has 1 fully saturated rings. The van der Waals surface area contributed by atoms with Gasteiger partial charge in [-0.05, 0) is 68.4 Å². The molecule has 1 aliphatic rings. The maximum Gasteiger partial charge on any atom is 0.120 e. The number of rotatable bonds is 3. The number of aliphatic hydroxyl groups excluding tert-OH is 1. The SMILES string of the molecule is Cc1ccsc1[C@@H]1CCN(Cc2ccc(C#CC(C)(C)O)cc2)C[C@H]1O. The average molecular weight is 370 g/mol. The van der Waals surface area contributed by atoms with Crippen LogP contribution in [0.1, 0.15) is 47.8 Å². The molecule has 2 aromatic rings. The van der Waals surface area contributed by atoms with Crippen LogP contribution in [0.2, 0.25) is 0 Å². The van der Waals surface area contributed by atoms with Crippen molar-refractivity contribution in [2.45, 2.75) is 51.4 Å². The molecule has 3 rings (SSSR count). The normalized spacial score (nSPS) is 21.3. The van der Waals surface area contributed by atoms with Gasteiger partial charge < -0.3 is 10.2 Å². The number of thiophene rings is 1. The van der Waals surface area contributed by atoms with Crippen molar-refractivity contribution in [3.8, 4) is 11.8 Å². The fraction of sp³-hybridized carbons (Fsp3) is 0.455. The number of nitrogens with zero attached hydrogens (tertiary/aromatic N) is 1. The Morgan fingerprint density at radius 3 is 2.54 bits per heavy atom. The van der Waals surface area contributed by atoms with Gasteiger partial charge in [-0.1, -0.05) is 24.0 Å². The molecule has 2 N–H and O–H groups in total.